The zero-order chi connectivity index (χ0) is 23.3. The van der Waals surface area contributed by atoms with E-state index in [-0.39, 0.29) is 11.9 Å². The Morgan fingerprint density at radius 2 is 1.97 bits per heavy atom. The van der Waals surface area contributed by atoms with Crippen molar-refractivity contribution in [1.82, 2.24) is 24.5 Å². The molecule has 34 heavy (non-hydrogen) atoms. The summed E-state index contributed by atoms with van der Waals surface area (Å²) in [4.78, 5) is 17.5. The first-order valence-corrected chi connectivity index (χ1v) is 11.6. The van der Waals surface area contributed by atoms with Crippen LogP contribution in [-0.2, 0) is 14.2 Å². The van der Waals surface area contributed by atoms with E-state index in [0.717, 1.165) is 0 Å². The summed E-state index contributed by atoms with van der Waals surface area (Å²) >= 11 is 1.46. The van der Waals surface area contributed by atoms with Crippen LogP contribution in [0.2, 0.25) is 0 Å². The van der Waals surface area contributed by atoms with E-state index in [1.54, 1.807) is 36.8 Å². The van der Waals surface area contributed by atoms with Crippen LogP contribution in [0.25, 0.3) is 17.2 Å². The van der Waals surface area contributed by atoms with E-state index >= 15 is 0 Å². The normalized spacial score (nSPS) is 25.9. The Morgan fingerprint density at radius 3 is 2.79 bits per heavy atom. The van der Waals surface area contributed by atoms with Crippen LogP contribution in [0.15, 0.2) is 54.6 Å². The molecule has 2 aliphatic heterocycles. The molecule has 2 fully saturated rings. The van der Waals surface area contributed by atoms with E-state index in [9.17, 15) is 4.39 Å². The van der Waals surface area contributed by atoms with Gasteiger partial charge in [-0.2, -0.15) is 0 Å². The fourth-order valence-corrected chi connectivity index (χ4v) is 4.84. The first-order valence-electron chi connectivity index (χ1n) is 10.8. The molecule has 4 unspecified atom stereocenters. The number of thiazole rings is 1. The number of nitrogens with zero attached hydrogens (tertiary/aromatic N) is 5. The molecule has 0 amide bonds. The van der Waals surface area contributed by atoms with Crippen molar-refractivity contribution < 1.29 is 18.6 Å². The third-order valence-electron chi connectivity index (χ3n) is 5.73. The standard InChI is InChI=1S/C23H21FN6O3S/c1-23(2)32-17-15(8-7-13-5-3-4-6-14(13)24)31-21(18(17)33-23)30-12-28-16-19(26-11-27-20(16)30)29-22-25-9-10-34-22/h3-12,15,17-18,21H,1-2H3,(H,25,26,27,29). The smallest absolute Gasteiger partial charge is 0.188 e. The number of rotatable bonds is 5. The van der Waals surface area contributed by atoms with E-state index in [4.69, 9.17) is 14.2 Å². The first-order chi connectivity index (χ1) is 16.5. The summed E-state index contributed by atoms with van der Waals surface area (Å²) in [5, 5.41) is 5.76. The summed E-state index contributed by atoms with van der Waals surface area (Å²) < 4.78 is 34.7. The van der Waals surface area contributed by atoms with Gasteiger partial charge in [-0.1, -0.05) is 30.4 Å². The van der Waals surface area contributed by atoms with Crippen molar-refractivity contribution in [3.05, 3.63) is 66.0 Å². The monoisotopic (exact) mass is 480 g/mol. The van der Waals surface area contributed by atoms with Crippen molar-refractivity contribution >= 4 is 39.5 Å². The number of halogens is 1. The molecule has 0 aliphatic carbocycles. The van der Waals surface area contributed by atoms with Crippen LogP contribution >= 0.6 is 11.3 Å². The number of hydrogen-bond acceptors (Lipinski definition) is 9. The van der Waals surface area contributed by atoms with Crippen molar-refractivity contribution in [2.24, 2.45) is 0 Å². The number of imidazole rings is 1. The third-order valence-corrected chi connectivity index (χ3v) is 6.41. The highest BCUT2D eigenvalue weighted by atomic mass is 32.1. The van der Waals surface area contributed by atoms with Gasteiger partial charge in [-0.3, -0.25) is 4.57 Å². The number of benzene rings is 1. The Labute approximate surface area is 198 Å². The number of ether oxygens (including phenoxy) is 3. The van der Waals surface area contributed by atoms with Crippen LogP contribution in [0, 0.1) is 5.82 Å². The Morgan fingerprint density at radius 1 is 1.12 bits per heavy atom. The molecule has 0 radical (unpaired) electrons. The minimum Gasteiger partial charge on any atom is -0.345 e. The summed E-state index contributed by atoms with van der Waals surface area (Å²) in [7, 11) is 0. The summed E-state index contributed by atoms with van der Waals surface area (Å²) in [6, 6.07) is 6.58. The predicted octanol–water partition coefficient (Wildman–Crippen LogP) is 4.30. The van der Waals surface area contributed by atoms with Crippen LogP contribution in [0.4, 0.5) is 15.3 Å². The largest absolute Gasteiger partial charge is 0.345 e. The summed E-state index contributed by atoms with van der Waals surface area (Å²) in [5.41, 5.74) is 1.65. The van der Waals surface area contributed by atoms with Crippen molar-refractivity contribution in [2.45, 2.75) is 44.2 Å². The number of aromatic nitrogens is 5. The minimum atomic E-state index is -0.787. The van der Waals surface area contributed by atoms with Gasteiger partial charge in [-0.15, -0.1) is 11.3 Å². The zero-order valence-electron chi connectivity index (χ0n) is 18.3. The molecule has 1 N–H and O–H groups in total. The average molecular weight is 481 g/mol. The lowest BCUT2D eigenvalue weighted by atomic mass is 10.1. The van der Waals surface area contributed by atoms with Gasteiger partial charge in [0.05, 0.1) is 6.33 Å². The molecule has 2 aliphatic rings. The highest BCUT2D eigenvalue weighted by molar-refractivity contribution is 7.13. The lowest BCUT2D eigenvalue weighted by Gasteiger charge is -2.24. The number of fused-ring (bicyclic) bond motifs is 2. The zero-order valence-corrected chi connectivity index (χ0v) is 19.1. The van der Waals surface area contributed by atoms with E-state index in [1.165, 1.54) is 23.7 Å². The summed E-state index contributed by atoms with van der Waals surface area (Å²) in [6.45, 7) is 3.73. The Balaban J connectivity index is 1.34. The maximum atomic E-state index is 14.1. The maximum Gasteiger partial charge on any atom is 0.188 e. The quantitative estimate of drug-likeness (QED) is 0.452. The van der Waals surface area contributed by atoms with Gasteiger partial charge in [0.2, 0.25) is 0 Å². The fourth-order valence-electron chi connectivity index (χ4n) is 4.31. The predicted molar refractivity (Wildman–Crippen MR) is 124 cm³/mol. The Kier molecular flexibility index (Phi) is 5.14. The van der Waals surface area contributed by atoms with Gasteiger partial charge < -0.3 is 19.5 Å². The van der Waals surface area contributed by atoms with Gasteiger partial charge in [0.1, 0.15) is 30.5 Å². The van der Waals surface area contributed by atoms with Gasteiger partial charge in [0.25, 0.3) is 0 Å². The maximum absolute atomic E-state index is 14.1. The molecule has 9 nitrogen and oxygen atoms in total. The van der Waals surface area contributed by atoms with Crippen molar-refractivity contribution in [3.8, 4) is 0 Å². The highest BCUT2D eigenvalue weighted by Crippen LogP contribution is 2.44. The van der Waals surface area contributed by atoms with Crippen molar-refractivity contribution in [2.75, 3.05) is 5.32 Å². The molecule has 174 valence electrons. The van der Waals surface area contributed by atoms with Crippen LogP contribution in [-0.4, -0.2) is 48.6 Å². The second-order valence-corrected chi connectivity index (χ2v) is 9.34. The molecule has 11 heteroatoms. The Hall–Kier alpha value is -3.25. The lowest BCUT2D eigenvalue weighted by Crippen LogP contribution is -2.28. The SMILES string of the molecule is CC1(C)OC2C(C=Cc3ccccc3F)OC(n3cnc4c(Nc5nccs5)ncnc43)C2O1. The third kappa shape index (κ3) is 3.76. The molecule has 2 saturated heterocycles. The molecule has 1 aromatic carbocycles. The number of hydrogen-bond donors (Lipinski definition) is 1. The summed E-state index contributed by atoms with van der Waals surface area (Å²) in [6.07, 6.45) is 6.56. The minimum absolute atomic E-state index is 0.300. The van der Waals surface area contributed by atoms with Crippen LogP contribution < -0.4 is 5.32 Å². The fraction of sp³-hybridized carbons (Fsp3) is 0.304. The molecule has 0 spiro atoms. The molecule has 3 aromatic heterocycles. The van der Waals surface area contributed by atoms with Crippen molar-refractivity contribution in [3.63, 3.8) is 0 Å². The summed E-state index contributed by atoms with van der Waals surface area (Å²) in [5.74, 6) is -0.538. The van der Waals surface area contributed by atoms with E-state index in [1.807, 2.05) is 29.9 Å². The average Bonchev–Trinajstić information content (AvgIpc) is 3.58. The van der Waals surface area contributed by atoms with Gasteiger partial charge >= 0.3 is 0 Å². The van der Waals surface area contributed by atoms with Crippen LogP contribution in [0.1, 0.15) is 25.6 Å². The topological polar surface area (TPSA) is 96.2 Å². The Bertz CT molecular complexity index is 1360. The second kappa shape index (κ2) is 8.20. The van der Waals surface area contributed by atoms with E-state index < -0.39 is 24.2 Å². The van der Waals surface area contributed by atoms with Gasteiger partial charge in [0, 0.05) is 17.1 Å². The molecule has 0 bridgehead atoms. The van der Waals surface area contributed by atoms with Gasteiger partial charge in [-0.25, -0.2) is 24.3 Å². The molecule has 4 aromatic rings. The van der Waals surface area contributed by atoms with Gasteiger partial charge in [-0.05, 0) is 19.9 Å². The molecule has 4 atom stereocenters. The molecule has 5 heterocycles. The second-order valence-electron chi connectivity index (χ2n) is 8.45. The van der Waals surface area contributed by atoms with Crippen molar-refractivity contribution in [1.29, 1.82) is 0 Å². The number of anilines is 2. The van der Waals surface area contributed by atoms with Crippen LogP contribution in [0.5, 0.6) is 0 Å². The number of nitrogens with one attached hydrogen (secondary N) is 1. The molecule has 6 rings (SSSR count). The molecule has 0 saturated carbocycles. The molecular formula is C23H21FN6O3S. The lowest BCUT2D eigenvalue weighted by molar-refractivity contribution is -0.191. The molecular weight excluding hydrogens is 459 g/mol. The van der Waals surface area contributed by atoms with Crippen LogP contribution in [0.3, 0.4) is 0 Å². The van der Waals surface area contributed by atoms with Gasteiger partial charge in [0.15, 0.2) is 34.1 Å². The van der Waals surface area contributed by atoms with E-state index in [2.05, 4.69) is 25.3 Å². The highest BCUT2D eigenvalue weighted by Gasteiger charge is 2.55. The first kappa shape index (κ1) is 21.3. The van der Waals surface area contributed by atoms with E-state index in [0.29, 0.717) is 27.7 Å².